The van der Waals surface area contributed by atoms with Crippen LogP contribution >= 0.6 is 0 Å². The first kappa shape index (κ1) is 9.53. The molecule has 76 valence electrons. The van der Waals surface area contributed by atoms with Crippen LogP contribution in [0.4, 0.5) is 0 Å². The first-order valence-corrected chi connectivity index (χ1v) is 5.10. The predicted octanol–water partition coefficient (Wildman–Crippen LogP) is 2.18. The number of rotatable bonds is 1. The van der Waals surface area contributed by atoms with Crippen molar-refractivity contribution in [1.82, 2.24) is 0 Å². The monoisotopic (exact) mass is 192 g/mol. The molecule has 1 heterocycles. The molecule has 0 amide bonds. The van der Waals surface area contributed by atoms with Gasteiger partial charge in [0.15, 0.2) is 0 Å². The minimum Gasteiger partial charge on any atom is -0.491 e. The molecule has 0 spiro atoms. The zero-order valence-electron chi connectivity index (χ0n) is 8.60. The fourth-order valence-electron chi connectivity index (χ4n) is 2.18. The second-order valence-corrected chi connectivity index (χ2v) is 4.19. The fourth-order valence-corrected chi connectivity index (χ4v) is 2.18. The molecule has 2 atom stereocenters. The molecular weight excluding hydrogens is 176 g/mol. The van der Waals surface area contributed by atoms with Gasteiger partial charge in [-0.05, 0) is 12.0 Å². The highest BCUT2D eigenvalue weighted by Gasteiger charge is 2.31. The van der Waals surface area contributed by atoms with E-state index in [-0.39, 0.29) is 12.0 Å². The second kappa shape index (κ2) is 3.62. The average Bonchev–Trinajstić information content (AvgIpc) is 2.17. The third-order valence-corrected chi connectivity index (χ3v) is 2.82. The average molecular weight is 192 g/mol. The smallest absolute Gasteiger partial charge is 0.123 e. The van der Waals surface area contributed by atoms with E-state index in [1.54, 1.807) is 0 Å². The molecule has 1 unspecified atom stereocenters. The topological polar surface area (TPSA) is 29.5 Å². The summed E-state index contributed by atoms with van der Waals surface area (Å²) in [6.45, 7) is 4.69. The number of fused-ring (bicyclic) bond motifs is 1. The summed E-state index contributed by atoms with van der Waals surface area (Å²) in [4.78, 5) is 0. The number of para-hydroxylation sites is 1. The Morgan fingerprint density at radius 2 is 2.07 bits per heavy atom. The minimum atomic E-state index is -0.370. The maximum Gasteiger partial charge on any atom is 0.123 e. The van der Waals surface area contributed by atoms with Crippen LogP contribution in [0, 0.1) is 5.92 Å². The van der Waals surface area contributed by atoms with Crippen LogP contribution in [0.25, 0.3) is 0 Å². The zero-order valence-corrected chi connectivity index (χ0v) is 8.60. The van der Waals surface area contributed by atoms with Crippen LogP contribution < -0.4 is 4.74 Å². The van der Waals surface area contributed by atoms with Crippen LogP contribution in [0.5, 0.6) is 5.75 Å². The number of hydrogen-bond donors (Lipinski definition) is 1. The highest BCUT2D eigenvalue weighted by molar-refractivity contribution is 5.39. The molecule has 0 radical (unpaired) electrons. The maximum absolute atomic E-state index is 9.86. The summed E-state index contributed by atoms with van der Waals surface area (Å²) in [6.07, 6.45) is -0.370. The van der Waals surface area contributed by atoms with Gasteiger partial charge in [-0.1, -0.05) is 32.0 Å². The Labute approximate surface area is 84.5 Å². The SMILES string of the molecule is CC(C)C1c2ccccc2OC[C@@H]1O. The van der Waals surface area contributed by atoms with E-state index in [1.165, 1.54) is 0 Å². The van der Waals surface area contributed by atoms with Gasteiger partial charge in [0.05, 0.1) is 6.10 Å². The largest absolute Gasteiger partial charge is 0.491 e. The van der Waals surface area contributed by atoms with Gasteiger partial charge in [-0.3, -0.25) is 0 Å². The van der Waals surface area contributed by atoms with Crippen molar-refractivity contribution in [2.24, 2.45) is 5.92 Å². The lowest BCUT2D eigenvalue weighted by Gasteiger charge is -2.32. The molecule has 2 heteroatoms. The standard InChI is InChI=1S/C12H16O2/c1-8(2)12-9-5-3-4-6-11(9)14-7-10(12)13/h3-6,8,10,12-13H,7H2,1-2H3/t10-,12?/m0/s1. The lowest BCUT2D eigenvalue weighted by atomic mass is 9.82. The third kappa shape index (κ3) is 1.50. The lowest BCUT2D eigenvalue weighted by Crippen LogP contribution is -2.33. The molecule has 0 saturated heterocycles. The first-order chi connectivity index (χ1) is 6.70. The summed E-state index contributed by atoms with van der Waals surface area (Å²) < 4.78 is 5.47. The summed E-state index contributed by atoms with van der Waals surface area (Å²) in [6, 6.07) is 7.97. The van der Waals surface area contributed by atoms with E-state index >= 15 is 0 Å². The quantitative estimate of drug-likeness (QED) is 0.739. The molecule has 1 aromatic rings. The zero-order chi connectivity index (χ0) is 10.1. The molecule has 0 bridgehead atoms. The van der Waals surface area contributed by atoms with Crippen LogP contribution in [-0.4, -0.2) is 17.8 Å². The third-order valence-electron chi connectivity index (χ3n) is 2.82. The summed E-state index contributed by atoms with van der Waals surface area (Å²) in [5, 5.41) is 9.86. The normalized spacial score (nSPS) is 25.7. The molecule has 1 aromatic carbocycles. The van der Waals surface area contributed by atoms with Gasteiger partial charge in [0.25, 0.3) is 0 Å². The Morgan fingerprint density at radius 1 is 1.36 bits per heavy atom. The molecule has 1 N–H and O–H groups in total. The highest BCUT2D eigenvalue weighted by Crippen LogP contribution is 2.37. The summed E-state index contributed by atoms with van der Waals surface area (Å²) in [7, 11) is 0. The predicted molar refractivity (Wildman–Crippen MR) is 55.5 cm³/mol. The Hall–Kier alpha value is -1.02. The van der Waals surface area contributed by atoms with Gasteiger partial charge in [0, 0.05) is 11.5 Å². The molecule has 2 nitrogen and oxygen atoms in total. The van der Waals surface area contributed by atoms with Gasteiger partial charge in [0.2, 0.25) is 0 Å². The number of aliphatic hydroxyl groups excluding tert-OH is 1. The van der Waals surface area contributed by atoms with Crippen LogP contribution in [-0.2, 0) is 0 Å². The maximum atomic E-state index is 9.86. The van der Waals surface area contributed by atoms with E-state index in [1.807, 2.05) is 24.3 Å². The molecule has 0 aliphatic carbocycles. The number of benzene rings is 1. The highest BCUT2D eigenvalue weighted by atomic mass is 16.5. The fraction of sp³-hybridized carbons (Fsp3) is 0.500. The van der Waals surface area contributed by atoms with Gasteiger partial charge < -0.3 is 9.84 Å². The lowest BCUT2D eigenvalue weighted by molar-refractivity contribution is 0.0516. The number of aliphatic hydroxyl groups is 1. The second-order valence-electron chi connectivity index (χ2n) is 4.19. The van der Waals surface area contributed by atoms with Gasteiger partial charge >= 0.3 is 0 Å². The molecule has 2 rings (SSSR count). The van der Waals surface area contributed by atoms with Gasteiger partial charge in [0.1, 0.15) is 12.4 Å². The summed E-state index contributed by atoms with van der Waals surface area (Å²) in [5.74, 6) is 1.58. The molecule has 1 aliphatic rings. The van der Waals surface area contributed by atoms with Crippen molar-refractivity contribution in [2.75, 3.05) is 6.61 Å². The van der Waals surface area contributed by atoms with Crippen molar-refractivity contribution < 1.29 is 9.84 Å². The summed E-state index contributed by atoms with van der Waals surface area (Å²) in [5.41, 5.74) is 1.14. The Balaban J connectivity index is 2.41. The first-order valence-electron chi connectivity index (χ1n) is 5.10. The van der Waals surface area contributed by atoms with E-state index in [0.717, 1.165) is 11.3 Å². The molecule has 0 fully saturated rings. The molecule has 0 aromatic heterocycles. The van der Waals surface area contributed by atoms with Crippen molar-refractivity contribution in [3.63, 3.8) is 0 Å². The van der Waals surface area contributed by atoms with Gasteiger partial charge in [-0.2, -0.15) is 0 Å². The molecule has 14 heavy (non-hydrogen) atoms. The van der Waals surface area contributed by atoms with E-state index in [9.17, 15) is 5.11 Å². The Bertz CT molecular complexity index is 320. The van der Waals surface area contributed by atoms with Gasteiger partial charge in [-0.25, -0.2) is 0 Å². The van der Waals surface area contributed by atoms with E-state index < -0.39 is 0 Å². The van der Waals surface area contributed by atoms with Crippen LogP contribution in [0.15, 0.2) is 24.3 Å². The van der Waals surface area contributed by atoms with Crippen molar-refractivity contribution in [3.8, 4) is 5.75 Å². The van der Waals surface area contributed by atoms with Crippen LogP contribution in [0.2, 0.25) is 0 Å². The van der Waals surface area contributed by atoms with E-state index in [0.29, 0.717) is 12.5 Å². The van der Waals surface area contributed by atoms with Crippen molar-refractivity contribution in [1.29, 1.82) is 0 Å². The Kier molecular flexibility index (Phi) is 2.46. The molecule has 0 saturated carbocycles. The molecular formula is C12H16O2. The van der Waals surface area contributed by atoms with Crippen molar-refractivity contribution in [3.05, 3.63) is 29.8 Å². The van der Waals surface area contributed by atoms with Gasteiger partial charge in [-0.15, -0.1) is 0 Å². The number of hydrogen-bond acceptors (Lipinski definition) is 2. The van der Waals surface area contributed by atoms with Crippen molar-refractivity contribution >= 4 is 0 Å². The minimum absolute atomic E-state index is 0.208. The van der Waals surface area contributed by atoms with Crippen LogP contribution in [0.3, 0.4) is 0 Å². The van der Waals surface area contributed by atoms with Crippen LogP contribution in [0.1, 0.15) is 25.3 Å². The Morgan fingerprint density at radius 3 is 2.79 bits per heavy atom. The van der Waals surface area contributed by atoms with E-state index in [4.69, 9.17) is 4.74 Å². The molecule has 1 aliphatic heterocycles. The summed E-state index contributed by atoms with van der Waals surface area (Å²) >= 11 is 0. The number of ether oxygens (including phenoxy) is 1. The van der Waals surface area contributed by atoms with Crippen molar-refractivity contribution in [2.45, 2.75) is 25.9 Å². The van der Waals surface area contributed by atoms with E-state index in [2.05, 4.69) is 13.8 Å².